The van der Waals surface area contributed by atoms with Gasteiger partial charge in [0.15, 0.2) is 5.08 Å². The number of rotatable bonds is 3. The second-order valence-electron chi connectivity index (χ2n) is 2.41. The molecule has 0 fully saturated rings. The van der Waals surface area contributed by atoms with E-state index in [0.29, 0.717) is 0 Å². The molecule has 0 aromatic heterocycles. The van der Waals surface area contributed by atoms with Gasteiger partial charge in [0.1, 0.15) is 12.5 Å². The molecule has 0 N–H and O–H groups in total. The molecule has 0 saturated heterocycles. The second-order valence-corrected chi connectivity index (χ2v) is 3.21. The van der Waals surface area contributed by atoms with Crippen LogP contribution in [0.15, 0.2) is 0 Å². The summed E-state index contributed by atoms with van der Waals surface area (Å²) in [6.07, 6.45) is 0. The third-order valence-corrected chi connectivity index (χ3v) is 2.57. The van der Waals surface area contributed by atoms with Gasteiger partial charge < -0.3 is 0 Å². The zero-order chi connectivity index (χ0) is 8.36. The van der Waals surface area contributed by atoms with Gasteiger partial charge in [-0.15, -0.1) is 0 Å². The summed E-state index contributed by atoms with van der Waals surface area (Å²) < 4.78 is 24.5. The predicted molar refractivity (Wildman–Crippen MR) is 38.6 cm³/mol. The van der Waals surface area contributed by atoms with E-state index in [0.717, 1.165) is 0 Å². The molecule has 0 aliphatic heterocycles. The zero-order valence-corrected chi connectivity index (χ0v) is 7.41. The number of carbonyl (C=O) groups is 1. The largest absolute Gasteiger partial charge is 0.299 e. The summed E-state index contributed by atoms with van der Waals surface area (Å²) in [5.74, 6) is -0.487. The average molecular weight is 215 g/mol. The van der Waals surface area contributed by atoms with E-state index in [1.807, 2.05) is 0 Å². The van der Waals surface area contributed by atoms with Crippen LogP contribution in [0.2, 0.25) is 0 Å². The van der Waals surface area contributed by atoms with Gasteiger partial charge in [-0.05, 0) is 13.8 Å². The van der Waals surface area contributed by atoms with Crippen molar-refractivity contribution in [1.29, 1.82) is 0 Å². The highest BCUT2D eigenvalue weighted by Gasteiger charge is 2.37. The van der Waals surface area contributed by atoms with Crippen LogP contribution < -0.4 is 0 Å². The maximum absolute atomic E-state index is 12.5. The molecular weight excluding hydrogens is 206 g/mol. The minimum Gasteiger partial charge on any atom is -0.299 e. The molecule has 0 heterocycles. The molecule has 0 spiro atoms. The minimum absolute atomic E-state index is 0.487. The summed E-state index contributed by atoms with van der Waals surface area (Å²) in [5.41, 5.74) is -1.51. The Morgan fingerprint density at radius 1 is 1.80 bits per heavy atom. The first-order valence-electron chi connectivity index (χ1n) is 2.80. The molecule has 0 radical (unpaired) electrons. The van der Waals surface area contributed by atoms with Crippen molar-refractivity contribution in [2.24, 2.45) is 5.41 Å². The number of hydrogen-bond donors (Lipinski definition) is 0. The van der Waals surface area contributed by atoms with Crippen molar-refractivity contribution in [2.75, 3.05) is 6.67 Å². The molecule has 0 bridgehead atoms. The monoisotopic (exact) mass is 214 g/mol. The summed E-state index contributed by atoms with van der Waals surface area (Å²) in [7, 11) is 0. The van der Waals surface area contributed by atoms with Gasteiger partial charge in [0.2, 0.25) is 0 Å². The van der Waals surface area contributed by atoms with Crippen LogP contribution in [0, 0.1) is 5.41 Å². The Balaban J connectivity index is 4.38. The van der Waals surface area contributed by atoms with Gasteiger partial charge in [0.25, 0.3) is 0 Å². The van der Waals surface area contributed by atoms with E-state index in [1.54, 1.807) is 0 Å². The summed E-state index contributed by atoms with van der Waals surface area (Å²) in [6.45, 7) is 1.44. The summed E-state index contributed by atoms with van der Waals surface area (Å²) in [4.78, 5) is 10.6. The molecule has 10 heavy (non-hydrogen) atoms. The van der Waals surface area contributed by atoms with Gasteiger partial charge in [0.05, 0.1) is 5.41 Å². The number of Topliss-reactive ketones (excluding diaryl/α,β-unsaturated/α-hetero) is 1. The average Bonchev–Trinajstić information content (AvgIpc) is 1.85. The molecule has 0 aromatic carbocycles. The molecule has 0 aliphatic rings. The lowest BCUT2D eigenvalue weighted by atomic mass is 9.90. The summed E-state index contributed by atoms with van der Waals surface area (Å²) >= 11 is 2.53. The Morgan fingerprint density at radius 3 is 2.20 bits per heavy atom. The van der Waals surface area contributed by atoms with Gasteiger partial charge in [0, 0.05) is 0 Å². The fourth-order valence-corrected chi connectivity index (χ4v) is 0.751. The first-order chi connectivity index (χ1) is 4.45. The third kappa shape index (κ3) is 1.75. The van der Waals surface area contributed by atoms with Gasteiger partial charge in [-0.3, -0.25) is 4.79 Å². The van der Waals surface area contributed by atoms with Crippen LogP contribution in [0.4, 0.5) is 8.78 Å². The lowest BCUT2D eigenvalue weighted by molar-refractivity contribution is -0.128. The molecule has 0 aromatic rings. The van der Waals surface area contributed by atoms with Crippen molar-refractivity contribution in [3.63, 3.8) is 0 Å². The van der Waals surface area contributed by atoms with E-state index in [4.69, 9.17) is 0 Å². The number of halogens is 3. The van der Waals surface area contributed by atoms with E-state index in [2.05, 4.69) is 15.9 Å². The lowest BCUT2D eigenvalue weighted by Gasteiger charge is -2.22. The minimum atomic E-state index is -1.61. The first-order valence-corrected chi connectivity index (χ1v) is 3.72. The first kappa shape index (κ1) is 10.0. The normalized spacial score (nSPS) is 19.7. The van der Waals surface area contributed by atoms with Crippen molar-refractivity contribution in [3.8, 4) is 0 Å². The standard InChI is InChI=1S/C6H9BrF2O/c1-4(10)6(2,3-8)5(7)9/h5H,3H2,1-2H3. The van der Waals surface area contributed by atoms with E-state index in [9.17, 15) is 13.6 Å². The molecule has 60 valence electrons. The molecule has 1 nitrogen and oxygen atoms in total. The third-order valence-electron chi connectivity index (χ3n) is 1.56. The van der Waals surface area contributed by atoms with Gasteiger partial charge >= 0.3 is 0 Å². The van der Waals surface area contributed by atoms with E-state index in [-0.39, 0.29) is 0 Å². The zero-order valence-electron chi connectivity index (χ0n) is 5.83. The second kappa shape index (κ2) is 3.42. The maximum atomic E-state index is 12.5. The fraction of sp³-hybridized carbons (Fsp3) is 0.833. The highest BCUT2D eigenvalue weighted by atomic mass is 79.9. The number of carbonyl (C=O) groups excluding carboxylic acids is 1. The van der Waals surface area contributed by atoms with Crippen LogP contribution in [0.1, 0.15) is 13.8 Å². The maximum Gasteiger partial charge on any atom is 0.169 e. The molecule has 0 rings (SSSR count). The topological polar surface area (TPSA) is 17.1 Å². The van der Waals surface area contributed by atoms with Crippen LogP contribution in [0.3, 0.4) is 0 Å². The van der Waals surface area contributed by atoms with Crippen molar-refractivity contribution >= 4 is 21.7 Å². The highest BCUT2D eigenvalue weighted by Crippen LogP contribution is 2.30. The quantitative estimate of drug-likeness (QED) is 0.659. The Labute approximate surface area is 66.9 Å². The Hall–Kier alpha value is 0.01000. The lowest BCUT2D eigenvalue weighted by Crippen LogP contribution is -2.34. The molecule has 0 saturated carbocycles. The molecule has 2 unspecified atom stereocenters. The van der Waals surface area contributed by atoms with Crippen LogP contribution in [0.25, 0.3) is 0 Å². The molecular formula is C6H9BrF2O. The predicted octanol–water partition coefficient (Wildman–Crippen LogP) is 2.24. The van der Waals surface area contributed by atoms with Crippen molar-refractivity contribution in [1.82, 2.24) is 0 Å². The fourth-order valence-electron chi connectivity index (χ4n) is 0.306. The van der Waals surface area contributed by atoms with E-state index in [1.165, 1.54) is 13.8 Å². The van der Waals surface area contributed by atoms with E-state index < -0.39 is 23.0 Å². The van der Waals surface area contributed by atoms with E-state index >= 15 is 0 Å². The molecule has 2 atom stereocenters. The summed E-state index contributed by atoms with van der Waals surface area (Å²) in [6, 6.07) is 0. The van der Waals surface area contributed by atoms with Crippen LogP contribution in [0.5, 0.6) is 0 Å². The van der Waals surface area contributed by atoms with Gasteiger partial charge in [-0.2, -0.15) is 0 Å². The van der Waals surface area contributed by atoms with Crippen LogP contribution in [-0.4, -0.2) is 17.5 Å². The number of hydrogen-bond acceptors (Lipinski definition) is 1. The highest BCUT2D eigenvalue weighted by molar-refractivity contribution is 9.09. The van der Waals surface area contributed by atoms with Crippen molar-refractivity contribution in [3.05, 3.63) is 0 Å². The molecule has 0 amide bonds. The Morgan fingerprint density at radius 2 is 2.20 bits per heavy atom. The van der Waals surface area contributed by atoms with Gasteiger partial charge in [-0.1, -0.05) is 15.9 Å². The summed E-state index contributed by atoms with van der Waals surface area (Å²) in [5, 5.41) is -1.61. The van der Waals surface area contributed by atoms with Crippen LogP contribution in [-0.2, 0) is 4.79 Å². The Bertz CT molecular complexity index is 138. The smallest absolute Gasteiger partial charge is 0.169 e. The van der Waals surface area contributed by atoms with Crippen molar-refractivity contribution < 1.29 is 13.6 Å². The van der Waals surface area contributed by atoms with Crippen LogP contribution >= 0.6 is 15.9 Å². The number of alkyl halides is 3. The Kier molecular flexibility index (Phi) is 3.42. The number of ketones is 1. The molecule has 0 aliphatic carbocycles. The van der Waals surface area contributed by atoms with Crippen molar-refractivity contribution in [2.45, 2.75) is 18.9 Å². The van der Waals surface area contributed by atoms with Gasteiger partial charge in [-0.25, -0.2) is 8.78 Å². The molecule has 4 heteroatoms. The SMILES string of the molecule is CC(=O)C(C)(CF)C(F)Br.